The highest BCUT2D eigenvalue weighted by Gasteiger charge is 2.20. The van der Waals surface area contributed by atoms with Crippen molar-refractivity contribution in [1.29, 1.82) is 0 Å². The van der Waals surface area contributed by atoms with Crippen molar-refractivity contribution in [3.05, 3.63) is 52.8 Å². The molecule has 1 aromatic carbocycles. The Morgan fingerprint density at radius 1 is 1.17 bits per heavy atom. The second kappa shape index (κ2) is 8.61. The van der Waals surface area contributed by atoms with E-state index in [1.165, 1.54) is 0 Å². The summed E-state index contributed by atoms with van der Waals surface area (Å²) in [4.78, 5) is 29.5. The molecule has 0 fully saturated rings. The molecule has 8 heteroatoms. The molecule has 7 nitrogen and oxygen atoms in total. The molecule has 1 N–H and O–H groups in total. The maximum atomic E-state index is 12.7. The summed E-state index contributed by atoms with van der Waals surface area (Å²) in [7, 11) is 0. The number of aromatic nitrogens is 3. The molecule has 0 atom stereocenters. The van der Waals surface area contributed by atoms with Gasteiger partial charge in [-0.15, -0.1) is 0 Å². The highest BCUT2D eigenvalue weighted by molar-refractivity contribution is 6.30. The number of ether oxygens (including phenoxy) is 1. The quantitative estimate of drug-likeness (QED) is 0.596. The molecule has 2 heterocycles. The predicted molar refractivity (Wildman–Crippen MR) is 112 cm³/mol. The number of pyridine rings is 1. The number of carbonyl (C=O) groups is 2. The second-order valence-electron chi connectivity index (χ2n) is 7.30. The first-order valence-corrected chi connectivity index (χ1v) is 9.74. The van der Waals surface area contributed by atoms with E-state index in [9.17, 15) is 9.59 Å². The summed E-state index contributed by atoms with van der Waals surface area (Å²) in [6.07, 6.45) is 1.61. The average Bonchev–Trinajstić information content (AvgIpc) is 3.11. The van der Waals surface area contributed by atoms with Crippen molar-refractivity contribution in [3.8, 4) is 0 Å². The molecule has 152 valence electrons. The lowest BCUT2D eigenvalue weighted by Gasteiger charge is -2.12. The molecule has 1 amide bonds. The number of halogens is 1. The first kappa shape index (κ1) is 20.8. The summed E-state index contributed by atoms with van der Waals surface area (Å²) in [5.41, 5.74) is 2.31. The normalized spacial score (nSPS) is 11.3. The highest BCUT2D eigenvalue weighted by atomic mass is 35.5. The molecule has 0 unspecified atom stereocenters. The zero-order valence-corrected chi connectivity index (χ0v) is 17.5. The van der Waals surface area contributed by atoms with Crippen molar-refractivity contribution in [1.82, 2.24) is 14.8 Å². The van der Waals surface area contributed by atoms with Crippen LogP contribution in [0.5, 0.6) is 0 Å². The van der Waals surface area contributed by atoms with Gasteiger partial charge in [0.1, 0.15) is 0 Å². The Kier molecular flexibility index (Phi) is 6.17. The van der Waals surface area contributed by atoms with Crippen LogP contribution in [0.1, 0.15) is 55.7 Å². The largest absolute Gasteiger partial charge is 0.452 e. The molecule has 29 heavy (non-hydrogen) atoms. The van der Waals surface area contributed by atoms with Crippen LogP contribution in [0.25, 0.3) is 11.0 Å². The van der Waals surface area contributed by atoms with Crippen LogP contribution in [-0.4, -0.2) is 33.2 Å². The fourth-order valence-corrected chi connectivity index (χ4v) is 2.95. The van der Waals surface area contributed by atoms with Crippen molar-refractivity contribution in [2.75, 3.05) is 11.9 Å². The second-order valence-corrected chi connectivity index (χ2v) is 7.74. The van der Waals surface area contributed by atoms with Crippen molar-refractivity contribution in [2.45, 2.75) is 39.7 Å². The van der Waals surface area contributed by atoms with E-state index in [0.717, 1.165) is 5.69 Å². The Hall–Kier alpha value is -2.93. The molecule has 3 aromatic rings. The number of nitrogens with one attached hydrogen (secondary N) is 1. The van der Waals surface area contributed by atoms with E-state index in [1.54, 1.807) is 41.2 Å². The van der Waals surface area contributed by atoms with Gasteiger partial charge in [0.15, 0.2) is 12.3 Å². The summed E-state index contributed by atoms with van der Waals surface area (Å²) in [6.45, 7) is 7.59. The van der Waals surface area contributed by atoms with Crippen LogP contribution in [0.3, 0.4) is 0 Å². The fourth-order valence-electron chi connectivity index (χ4n) is 2.82. The Labute approximate surface area is 174 Å². The monoisotopic (exact) mass is 414 g/mol. The predicted octanol–water partition coefficient (Wildman–Crippen LogP) is 4.58. The molecule has 3 rings (SSSR count). The number of carbonyl (C=O) groups excluding carboxylic acids is 2. The number of anilines is 1. The minimum absolute atomic E-state index is 0.0939. The molecular weight excluding hydrogens is 392 g/mol. The third-order valence-electron chi connectivity index (χ3n) is 4.35. The maximum Gasteiger partial charge on any atom is 0.339 e. The minimum atomic E-state index is -0.589. The van der Waals surface area contributed by atoms with Crippen LogP contribution >= 0.6 is 11.6 Å². The van der Waals surface area contributed by atoms with Gasteiger partial charge in [0, 0.05) is 22.4 Å². The van der Waals surface area contributed by atoms with Gasteiger partial charge < -0.3 is 10.1 Å². The van der Waals surface area contributed by atoms with Gasteiger partial charge >= 0.3 is 5.97 Å². The number of benzene rings is 1. The molecule has 0 aliphatic carbocycles. The van der Waals surface area contributed by atoms with Crippen molar-refractivity contribution < 1.29 is 14.3 Å². The van der Waals surface area contributed by atoms with E-state index in [0.29, 0.717) is 27.3 Å². The van der Waals surface area contributed by atoms with Crippen LogP contribution in [-0.2, 0) is 9.53 Å². The van der Waals surface area contributed by atoms with Crippen LogP contribution < -0.4 is 5.32 Å². The summed E-state index contributed by atoms with van der Waals surface area (Å²) < 4.78 is 7.03. The van der Waals surface area contributed by atoms with Gasteiger partial charge in [-0.05, 0) is 50.1 Å². The van der Waals surface area contributed by atoms with E-state index >= 15 is 0 Å². The van der Waals surface area contributed by atoms with E-state index in [-0.39, 0.29) is 12.0 Å². The van der Waals surface area contributed by atoms with Gasteiger partial charge in [-0.3, -0.25) is 4.79 Å². The lowest BCUT2D eigenvalue weighted by molar-refractivity contribution is -0.119. The van der Waals surface area contributed by atoms with Gasteiger partial charge in [-0.1, -0.05) is 25.4 Å². The molecule has 0 bridgehead atoms. The van der Waals surface area contributed by atoms with Crippen molar-refractivity contribution >= 4 is 40.2 Å². The standard InChI is InChI=1S/C21H23ClN4O3/c1-12(2)18-9-16(17-10-23-26(13(3)4)20(17)25-18)21(28)29-11-19(27)24-15-7-5-14(22)6-8-15/h5-10,12-13H,11H2,1-4H3,(H,24,27). The van der Waals surface area contributed by atoms with Crippen molar-refractivity contribution in [3.63, 3.8) is 0 Å². The first-order valence-electron chi connectivity index (χ1n) is 9.37. The van der Waals surface area contributed by atoms with Gasteiger partial charge in [-0.2, -0.15) is 5.10 Å². The Morgan fingerprint density at radius 2 is 1.86 bits per heavy atom. The number of hydrogen-bond donors (Lipinski definition) is 1. The number of rotatable bonds is 6. The van der Waals surface area contributed by atoms with Crippen LogP contribution in [0, 0.1) is 0 Å². The third-order valence-corrected chi connectivity index (χ3v) is 4.60. The fraction of sp³-hybridized carbons (Fsp3) is 0.333. The zero-order valence-electron chi connectivity index (χ0n) is 16.8. The molecule has 0 saturated carbocycles. The average molecular weight is 415 g/mol. The van der Waals surface area contributed by atoms with Gasteiger partial charge in [-0.25, -0.2) is 14.5 Å². The summed E-state index contributed by atoms with van der Waals surface area (Å²) in [5.74, 6) is -0.906. The summed E-state index contributed by atoms with van der Waals surface area (Å²) in [6, 6.07) is 8.47. The molecular formula is C21H23ClN4O3. The third kappa shape index (κ3) is 4.74. The lowest BCUT2D eigenvalue weighted by atomic mass is 10.1. The highest BCUT2D eigenvalue weighted by Crippen LogP contribution is 2.25. The number of amides is 1. The maximum absolute atomic E-state index is 12.7. The Bertz CT molecular complexity index is 1040. The summed E-state index contributed by atoms with van der Waals surface area (Å²) >= 11 is 5.83. The molecule has 0 aliphatic heterocycles. The zero-order chi connectivity index (χ0) is 21.1. The number of nitrogens with zero attached hydrogens (tertiary/aromatic N) is 3. The van der Waals surface area contributed by atoms with E-state index in [2.05, 4.69) is 15.4 Å². The number of fused-ring (bicyclic) bond motifs is 1. The smallest absolute Gasteiger partial charge is 0.339 e. The molecule has 0 spiro atoms. The van der Waals surface area contributed by atoms with Gasteiger partial charge in [0.25, 0.3) is 5.91 Å². The van der Waals surface area contributed by atoms with Crippen LogP contribution in [0.4, 0.5) is 5.69 Å². The van der Waals surface area contributed by atoms with E-state index in [4.69, 9.17) is 16.3 Å². The minimum Gasteiger partial charge on any atom is -0.452 e. The topological polar surface area (TPSA) is 86.1 Å². The first-order chi connectivity index (χ1) is 13.8. The van der Waals surface area contributed by atoms with E-state index in [1.807, 2.05) is 27.7 Å². The molecule has 0 saturated heterocycles. The molecule has 0 aliphatic rings. The van der Waals surface area contributed by atoms with Crippen molar-refractivity contribution in [2.24, 2.45) is 0 Å². The summed E-state index contributed by atoms with van der Waals surface area (Å²) in [5, 5.41) is 8.18. The van der Waals surface area contributed by atoms with Crippen LogP contribution in [0.2, 0.25) is 5.02 Å². The van der Waals surface area contributed by atoms with Crippen LogP contribution in [0.15, 0.2) is 36.5 Å². The molecule has 0 radical (unpaired) electrons. The lowest BCUT2D eigenvalue weighted by Crippen LogP contribution is -2.21. The SMILES string of the molecule is CC(C)c1cc(C(=O)OCC(=O)Nc2ccc(Cl)cc2)c2cnn(C(C)C)c2n1. The number of hydrogen-bond acceptors (Lipinski definition) is 5. The van der Waals surface area contributed by atoms with E-state index < -0.39 is 18.5 Å². The van der Waals surface area contributed by atoms with Gasteiger partial charge in [0.05, 0.1) is 17.1 Å². The Morgan fingerprint density at radius 3 is 2.48 bits per heavy atom. The number of esters is 1. The van der Waals surface area contributed by atoms with Gasteiger partial charge in [0.2, 0.25) is 0 Å². The Balaban J connectivity index is 1.79. The molecule has 2 aromatic heterocycles.